The smallest absolute Gasteiger partial charge is 0.121 e. The van der Waals surface area contributed by atoms with E-state index in [0.29, 0.717) is 0 Å². The van der Waals surface area contributed by atoms with Crippen LogP contribution >= 0.6 is 15.9 Å². The summed E-state index contributed by atoms with van der Waals surface area (Å²) in [5.74, 6) is 0.836. The Kier molecular flexibility index (Phi) is 5.09. The van der Waals surface area contributed by atoms with Gasteiger partial charge >= 0.3 is 0 Å². The van der Waals surface area contributed by atoms with Gasteiger partial charge in [0.1, 0.15) is 5.75 Å². The Hall–Kier alpha value is -0.740. The molecule has 1 rings (SSSR count). The van der Waals surface area contributed by atoms with Crippen molar-refractivity contribution in [2.75, 3.05) is 19.5 Å². The minimum absolute atomic E-state index is 0.151. The first-order chi connectivity index (χ1) is 7.58. The van der Waals surface area contributed by atoms with Crippen LogP contribution in [0.2, 0.25) is 0 Å². The van der Waals surface area contributed by atoms with Gasteiger partial charge < -0.3 is 14.8 Å². The van der Waals surface area contributed by atoms with Gasteiger partial charge in [-0.1, -0.05) is 0 Å². The first kappa shape index (κ1) is 13.3. The molecule has 2 atom stereocenters. The summed E-state index contributed by atoms with van der Waals surface area (Å²) in [6.45, 7) is 4.12. The fourth-order valence-electron chi connectivity index (χ4n) is 1.31. The van der Waals surface area contributed by atoms with Crippen LogP contribution in [-0.4, -0.2) is 26.4 Å². The van der Waals surface area contributed by atoms with Crippen molar-refractivity contribution in [1.82, 2.24) is 0 Å². The third-order valence-corrected chi connectivity index (χ3v) is 3.32. The van der Waals surface area contributed by atoms with Gasteiger partial charge in [-0.2, -0.15) is 0 Å². The average Bonchev–Trinajstić information content (AvgIpc) is 2.30. The SMILES string of the molecule is COc1ccc(Br)c(NC(C)C(C)OC)c1. The predicted molar refractivity (Wildman–Crippen MR) is 70.2 cm³/mol. The van der Waals surface area contributed by atoms with Crippen molar-refractivity contribution in [3.63, 3.8) is 0 Å². The number of ether oxygens (including phenoxy) is 2. The zero-order valence-corrected chi connectivity index (χ0v) is 11.7. The van der Waals surface area contributed by atoms with Crippen molar-refractivity contribution in [1.29, 1.82) is 0 Å². The van der Waals surface area contributed by atoms with Crippen LogP contribution in [-0.2, 0) is 4.74 Å². The Morgan fingerprint density at radius 2 is 1.94 bits per heavy atom. The van der Waals surface area contributed by atoms with Crippen molar-refractivity contribution in [3.05, 3.63) is 22.7 Å². The zero-order valence-electron chi connectivity index (χ0n) is 10.1. The second-order valence-corrected chi connectivity index (χ2v) is 4.57. The summed E-state index contributed by atoms with van der Waals surface area (Å²) in [6, 6.07) is 6.07. The van der Waals surface area contributed by atoms with Crippen molar-refractivity contribution in [3.8, 4) is 5.75 Å². The molecule has 90 valence electrons. The van der Waals surface area contributed by atoms with Gasteiger partial charge in [0.2, 0.25) is 0 Å². The van der Waals surface area contributed by atoms with E-state index in [-0.39, 0.29) is 12.1 Å². The second kappa shape index (κ2) is 6.11. The average molecular weight is 288 g/mol. The molecule has 1 N–H and O–H groups in total. The van der Waals surface area contributed by atoms with Crippen LogP contribution in [0.4, 0.5) is 5.69 Å². The summed E-state index contributed by atoms with van der Waals surface area (Å²) in [6.07, 6.45) is 0.151. The molecule has 0 aliphatic rings. The monoisotopic (exact) mass is 287 g/mol. The van der Waals surface area contributed by atoms with Gasteiger partial charge in [0.15, 0.2) is 0 Å². The number of halogens is 1. The summed E-state index contributed by atoms with van der Waals surface area (Å²) >= 11 is 3.50. The van der Waals surface area contributed by atoms with E-state index >= 15 is 0 Å². The van der Waals surface area contributed by atoms with Crippen LogP contribution in [0.25, 0.3) is 0 Å². The third-order valence-electron chi connectivity index (χ3n) is 2.63. The lowest BCUT2D eigenvalue weighted by molar-refractivity contribution is 0.106. The molecule has 1 aromatic carbocycles. The number of hydrogen-bond donors (Lipinski definition) is 1. The summed E-state index contributed by atoms with van der Waals surface area (Å²) in [4.78, 5) is 0. The Bertz CT molecular complexity index is 344. The molecule has 1 aromatic rings. The van der Waals surface area contributed by atoms with E-state index < -0.39 is 0 Å². The quantitative estimate of drug-likeness (QED) is 0.901. The van der Waals surface area contributed by atoms with Gasteiger partial charge in [0.25, 0.3) is 0 Å². The number of anilines is 1. The molecule has 0 aromatic heterocycles. The van der Waals surface area contributed by atoms with E-state index in [4.69, 9.17) is 9.47 Å². The molecule has 0 saturated heterocycles. The maximum atomic E-state index is 5.27. The molecule has 0 aliphatic carbocycles. The van der Waals surface area contributed by atoms with Crippen LogP contribution in [0.1, 0.15) is 13.8 Å². The molecule has 4 heteroatoms. The molecule has 2 unspecified atom stereocenters. The molecule has 0 radical (unpaired) electrons. The fourth-order valence-corrected chi connectivity index (χ4v) is 1.67. The molecule has 0 fully saturated rings. The van der Waals surface area contributed by atoms with Crippen LogP contribution in [0, 0.1) is 0 Å². The van der Waals surface area contributed by atoms with Crippen molar-refractivity contribution < 1.29 is 9.47 Å². The van der Waals surface area contributed by atoms with Crippen molar-refractivity contribution in [2.24, 2.45) is 0 Å². The minimum Gasteiger partial charge on any atom is -0.497 e. The van der Waals surface area contributed by atoms with Gasteiger partial charge in [0, 0.05) is 23.7 Å². The first-order valence-electron chi connectivity index (χ1n) is 5.21. The van der Waals surface area contributed by atoms with Crippen LogP contribution in [0.15, 0.2) is 22.7 Å². The maximum Gasteiger partial charge on any atom is 0.121 e. The summed E-state index contributed by atoms with van der Waals surface area (Å²) in [5.41, 5.74) is 1.01. The molecule has 0 amide bonds. The lowest BCUT2D eigenvalue weighted by atomic mass is 10.2. The number of hydrogen-bond acceptors (Lipinski definition) is 3. The molecule has 0 heterocycles. The number of methoxy groups -OCH3 is 2. The molecular formula is C12H18BrNO2. The van der Waals surface area contributed by atoms with Gasteiger partial charge in [-0.3, -0.25) is 0 Å². The summed E-state index contributed by atoms with van der Waals surface area (Å²) in [5, 5.41) is 3.38. The summed E-state index contributed by atoms with van der Waals surface area (Å²) in [7, 11) is 3.37. The maximum absolute atomic E-state index is 5.27. The van der Waals surface area contributed by atoms with Gasteiger partial charge in [-0.25, -0.2) is 0 Å². The first-order valence-corrected chi connectivity index (χ1v) is 6.00. The van der Waals surface area contributed by atoms with Gasteiger partial charge in [-0.05, 0) is 41.9 Å². The highest BCUT2D eigenvalue weighted by atomic mass is 79.9. The Balaban J connectivity index is 2.79. The van der Waals surface area contributed by atoms with E-state index in [1.54, 1.807) is 14.2 Å². The van der Waals surface area contributed by atoms with Crippen molar-refractivity contribution >= 4 is 21.6 Å². The molecule has 0 bridgehead atoms. The third kappa shape index (κ3) is 3.39. The number of nitrogens with one attached hydrogen (secondary N) is 1. The van der Waals surface area contributed by atoms with Gasteiger partial charge in [0.05, 0.1) is 18.9 Å². The summed E-state index contributed by atoms with van der Waals surface area (Å²) < 4.78 is 11.5. The van der Waals surface area contributed by atoms with E-state index in [9.17, 15) is 0 Å². The Morgan fingerprint density at radius 3 is 2.50 bits per heavy atom. The van der Waals surface area contributed by atoms with Crippen LogP contribution in [0.3, 0.4) is 0 Å². The van der Waals surface area contributed by atoms with Crippen LogP contribution in [0.5, 0.6) is 5.75 Å². The number of rotatable bonds is 5. The standard InChI is InChI=1S/C12H18BrNO2/c1-8(9(2)15-3)14-12-7-10(16-4)5-6-11(12)13/h5-9,14H,1-4H3. The van der Waals surface area contributed by atoms with E-state index in [0.717, 1.165) is 15.9 Å². The van der Waals surface area contributed by atoms with Crippen molar-refractivity contribution in [2.45, 2.75) is 26.0 Å². The predicted octanol–water partition coefficient (Wildman–Crippen LogP) is 3.29. The molecule has 3 nitrogen and oxygen atoms in total. The van der Waals surface area contributed by atoms with Gasteiger partial charge in [-0.15, -0.1) is 0 Å². The molecular weight excluding hydrogens is 270 g/mol. The topological polar surface area (TPSA) is 30.5 Å². The van der Waals surface area contributed by atoms with E-state index in [1.165, 1.54) is 0 Å². The second-order valence-electron chi connectivity index (χ2n) is 3.72. The van der Waals surface area contributed by atoms with E-state index in [1.807, 2.05) is 25.1 Å². The lowest BCUT2D eigenvalue weighted by Gasteiger charge is -2.22. The highest BCUT2D eigenvalue weighted by molar-refractivity contribution is 9.10. The lowest BCUT2D eigenvalue weighted by Crippen LogP contribution is -2.29. The Morgan fingerprint density at radius 1 is 1.25 bits per heavy atom. The highest BCUT2D eigenvalue weighted by Gasteiger charge is 2.12. The fraction of sp³-hybridized carbons (Fsp3) is 0.500. The number of benzene rings is 1. The molecule has 16 heavy (non-hydrogen) atoms. The highest BCUT2D eigenvalue weighted by Crippen LogP contribution is 2.28. The van der Waals surface area contributed by atoms with Crippen LogP contribution < -0.4 is 10.1 Å². The molecule has 0 saturated carbocycles. The molecule has 0 aliphatic heterocycles. The minimum atomic E-state index is 0.151. The van der Waals surface area contributed by atoms with E-state index in [2.05, 4.69) is 28.2 Å². The largest absolute Gasteiger partial charge is 0.497 e. The normalized spacial score (nSPS) is 14.3. The Labute approximate surface area is 105 Å². The zero-order chi connectivity index (χ0) is 12.1. The molecule has 0 spiro atoms.